The number of nitrogens with zero attached hydrogens (tertiary/aromatic N) is 1. The van der Waals surface area contributed by atoms with Crippen LogP contribution in [-0.2, 0) is 6.61 Å². The number of ether oxygens (including phenoxy) is 3. The predicted molar refractivity (Wildman–Crippen MR) is 129 cm³/mol. The smallest absolute Gasteiger partial charge is 0.275 e. The van der Waals surface area contributed by atoms with E-state index in [0.29, 0.717) is 36.0 Å². The first-order valence-electron chi connectivity index (χ1n) is 9.82. The van der Waals surface area contributed by atoms with Gasteiger partial charge in [0.2, 0.25) is 0 Å². The van der Waals surface area contributed by atoms with E-state index in [-0.39, 0.29) is 5.91 Å². The summed E-state index contributed by atoms with van der Waals surface area (Å²) in [5.74, 6) is 1.24. The lowest BCUT2D eigenvalue weighted by atomic mass is 10.2. The zero-order chi connectivity index (χ0) is 22.8. The van der Waals surface area contributed by atoms with Crippen molar-refractivity contribution in [2.75, 3.05) is 13.7 Å². The average Bonchev–Trinajstić information content (AvgIpc) is 2.82. The molecule has 0 spiro atoms. The van der Waals surface area contributed by atoms with Gasteiger partial charge in [0.25, 0.3) is 5.91 Å². The van der Waals surface area contributed by atoms with Crippen LogP contribution in [0, 0.1) is 0 Å². The molecule has 0 aliphatic carbocycles. The Labute approximate surface area is 195 Å². The van der Waals surface area contributed by atoms with Gasteiger partial charge < -0.3 is 14.2 Å². The molecule has 0 radical (unpaired) electrons. The minimum atomic E-state index is -0.386. The maximum Gasteiger partial charge on any atom is 0.275 e. The Morgan fingerprint density at radius 1 is 1.03 bits per heavy atom. The van der Waals surface area contributed by atoms with Gasteiger partial charge in [0, 0.05) is 4.47 Å². The first-order chi connectivity index (χ1) is 15.6. The van der Waals surface area contributed by atoms with Gasteiger partial charge in [0.15, 0.2) is 11.5 Å². The van der Waals surface area contributed by atoms with Crippen molar-refractivity contribution in [2.45, 2.75) is 6.61 Å². The van der Waals surface area contributed by atoms with E-state index in [1.54, 1.807) is 37.5 Å². The van der Waals surface area contributed by atoms with Crippen molar-refractivity contribution in [1.82, 2.24) is 5.43 Å². The monoisotopic (exact) mass is 494 g/mol. The van der Waals surface area contributed by atoms with Crippen LogP contribution in [0.3, 0.4) is 0 Å². The van der Waals surface area contributed by atoms with Gasteiger partial charge in [-0.25, -0.2) is 5.43 Å². The molecule has 32 heavy (non-hydrogen) atoms. The molecule has 3 rings (SSSR count). The summed E-state index contributed by atoms with van der Waals surface area (Å²) in [4.78, 5) is 12.7. The van der Waals surface area contributed by atoms with Gasteiger partial charge >= 0.3 is 0 Å². The molecule has 0 bridgehead atoms. The molecule has 0 fully saturated rings. The molecule has 6 nitrogen and oxygen atoms in total. The maximum atomic E-state index is 12.7. The van der Waals surface area contributed by atoms with Crippen LogP contribution in [0.5, 0.6) is 17.2 Å². The van der Waals surface area contributed by atoms with Gasteiger partial charge in [-0.05, 0) is 47.5 Å². The molecule has 0 aromatic heterocycles. The van der Waals surface area contributed by atoms with Gasteiger partial charge in [-0.2, -0.15) is 5.10 Å². The summed E-state index contributed by atoms with van der Waals surface area (Å²) >= 11 is 3.40. The summed E-state index contributed by atoms with van der Waals surface area (Å²) in [7, 11) is 1.56. The molecular weight excluding hydrogens is 472 g/mol. The number of nitrogens with one attached hydrogen (secondary N) is 1. The summed E-state index contributed by atoms with van der Waals surface area (Å²) in [5, 5.41) is 4.07. The third-order valence-corrected chi connectivity index (χ3v) is 4.84. The van der Waals surface area contributed by atoms with E-state index in [0.717, 1.165) is 15.6 Å². The molecule has 0 heterocycles. The standard InChI is InChI=1S/C25H23BrN2O4/c1-3-13-31-23-11-9-19(14-24(23)30-2)16-27-28-25(29)21-15-20(26)10-12-22(21)32-17-18-7-5-4-6-8-18/h3-12,14-16H,1,13,17H2,2H3,(H,28,29)/b27-16-. The van der Waals surface area contributed by atoms with Crippen LogP contribution in [0.4, 0.5) is 0 Å². The van der Waals surface area contributed by atoms with Crippen molar-refractivity contribution in [2.24, 2.45) is 5.10 Å². The Bertz CT molecular complexity index is 1100. The number of amides is 1. The van der Waals surface area contributed by atoms with Crippen molar-refractivity contribution < 1.29 is 19.0 Å². The molecule has 0 aliphatic rings. The van der Waals surface area contributed by atoms with E-state index in [1.807, 2.05) is 42.5 Å². The van der Waals surface area contributed by atoms with Crippen LogP contribution in [0.1, 0.15) is 21.5 Å². The van der Waals surface area contributed by atoms with E-state index in [4.69, 9.17) is 14.2 Å². The molecule has 7 heteroatoms. The van der Waals surface area contributed by atoms with Crippen LogP contribution >= 0.6 is 15.9 Å². The summed E-state index contributed by atoms with van der Waals surface area (Å²) in [6, 6.07) is 20.4. The van der Waals surface area contributed by atoms with Crippen molar-refractivity contribution in [1.29, 1.82) is 0 Å². The van der Waals surface area contributed by atoms with E-state index in [1.165, 1.54) is 6.21 Å². The summed E-state index contributed by atoms with van der Waals surface area (Å²) < 4.78 is 17.5. The second-order valence-corrected chi connectivity index (χ2v) is 7.54. The highest BCUT2D eigenvalue weighted by atomic mass is 79.9. The number of rotatable bonds is 10. The fourth-order valence-electron chi connectivity index (χ4n) is 2.80. The van der Waals surface area contributed by atoms with E-state index in [2.05, 4.69) is 33.0 Å². The van der Waals surface area contributed by atoms with Gasteiger partial charge in [0.05, 0.1) is 18.9 Å². The zero-order valence-electron chi connectivity index (χ0n) is 17.6. The van der Waals surface area contributed by atoms with E-state index in [9.17, 15) is 4.79 Å². The molecule has 3 aromatic carbocycles. The fourth-order valence-corrected chi connectivity index (χ4v) is 3.16. The van der Waals surface area contributed by atoms with Crippen LogP contribution in [0.25, 0.3) is 0 Å². The minimum Gasteiger partial charge on any atom is -0.493 e. The number of methoxy groups -OCH3 is 1. The number of carbonyl (C=O) groups is 1. The first-order valence-corrected chi connectivity index (χ1v) is 10.6. The second kappa shape index (κ2) is 11.7. The van der Waals surface area contributed by atoms with Gasteiger partial charge in [-0.3, -0.25) is 4.79 Å². The molecule has 3 aromatic rings. The number of carbonyl (C=O) groups excluding carboxylic acids is 1. The van der Waals surface area contributed by atoms with Gasteiger partial charge in [-0.15, -0.1) is 0 Å². The number of benzene rings is 3. The summed E-state index contributed by atoms with van der Waals surface area (Å²) in [6.45, 7) is 4.36. The van der Waals surface area contributed by atoms with Crippen molar-refractivity contribution in [3.8, 4) is 17.2 Å². The Balaban J connectivity index is 1.68. The third-order valence-electron chi connectivity index (χ3n) is 4.35. The predicted octanol–water partition coefficient (Wildman–Crippen LogP) is 5.37. The van der Waals surface area contributed by atoms with Crippen LogP contribution in [0.15, 0.2) is 89.0 Å². The zero-order valence-corrected chi connectivity index (χ0v) is 19.2. The SMILES string of the molecule is C=CCOc1ccc(/C=N\NC(=O)c2cc(Br)ccc2OCc2ccccc2)cc1OC. The molecular formula is C25H23BrN2O4. The van der Waals surface area contributed by atoms with Crippen LogP contribution < -0.4 is 19.6 Å². The van der Waals surface area contributed by atoms with Crippen molar-refractivity contribution in [3.05, 3.63) is 101 Å². The lowest BCUT2D eigenvalue weighted by molar-refractivity contribution is 0.0950. The number of hydrogen-bond acceptors (Lipinski definition) is 5. The van der Waals surface area contributed by atoms with Crippen LogP contribution in [0.2, 0.25) is 0 Å². The highest BCUT2D eigenvalue weighted by Gasteiger charge is 2.13. The van der Waals surface area contributed by atoms with Gasteiger partial charge in [-0.1, -0.05) is 58.9 Å². The highest BCUT2D eigenvalue weighted by Crippen LogP contribution is 2.27. The molecule has 164 valence electrons. The Morgan fingerprint density at radius 2 is 1.81 bits per heavy atom. The van der Waals surface area contributed by atoms with E-state index < -0.39 is 0 Å². The fraction of sp³-hybridized carbons (Fsp3) is 0.120. The Hall–Kier alpha value is -3.58. The molecule has 0 unspecified atom stereocenters. The van der Waals surface area contributed by atoms with Crippen LogP contribution in [-0.4, -0.2) is 25.8 Å². The molecule has 0 saturated heterocycles. The lowest BCUT2D eigenvalue weighted by Crippen LogP contribution is -2.19. The normalized spacial score (nSPS) is 10.6. The van der Waals surface area contributed by atoms with Gasteiger partial charge in [0.1, 0.15) is 19.0 Å². The molecule has 1 N–H and O–H groups in total. The molecule has 0 aliphatic heterocycles. The number of hydrazone groups is 1. The maximum absolute atomic E-state index is 12.7. The topological polar surface area (TPSA) is 69.2 Å². The van der Waals surface area contributed by atoms with E-state index >= 15 is 0 Å². The Kier molecular flexibility index (Phi) is 8.45. The summed E-state index contributed by atoms with van der Waals surface area (Å²) in [5.41, 5.74) is 4.66. The lowest BCUT2D eigenvalue weighted by Gasteiger charge is -2.11. The Morgan fingerprint density at radius 3 is 2.56 bits per heavy atom. The quantitative estimate of drug-likeness (QED) is 0.234. The highest BCUT2D eigenvalue weighted by molar-refractivity contribution is 9.10. The number of halogens is 1. The minimum absolute atomic E-state index is 0.353. The molecule has 1 amide bonds. The second-order valence-electron chi connectivity index (χ2n) is 6.62. The largest absolute Gasteiger partial charge is 0.493 e. The third kappa shape index (κ3) is 6.46. The van der Waals surface area contributed by atoms with Crippen molar-refractivity contribution >= 4 is 28.1 Å². The number of hydrogen-bond donors (Lipinski definition) is 1. The molecule has 0 atom stereocenters. The molecule has 0 saturated carbocycles. The summed E-state index contributed by atoms with van der Waals surface area (Å²) in [6.07, 6.45) is 3.18. The first kappa shape index (κ1) is 23.1. The average molecular weight is 495 g/mol. The van der Waals surface area contributed by atoms with Crippen molar-refractivity contribution in [3.63, 3.8) is 0 Å².